The van der Waals surface area contributed by atoms with E-state index in [0.717, 1.165) is 5.69 Å². The third-order valence-corrected chi connectivity index (χ3v) is 3.89. The molecule has 1 aliphatic heterocycles. The predicted molar refractivity (Wildman–Crippen MR) is 101 cm³/mol. The van der Waals surface area contributed by atoms with E-state index in [1.54, 1.807) is 18.5 Å². The predicted octanol–water partition coefficient (Wildman–Crippen LogP) is 1.88. The Morgan fingerprint density at radius 3 is 2.75 bits per heavy atom. The molecule has 0 aliphatic carbocycles. The van der Waals surface area contributed by atoms with Crippen LogP contribution in [-0.2, 0) is 0 Å². The van der Waals surface area contributed by atoms with Crippen LogP contribution < -0.4 is 20.5 Å². The number of hydrogen-bond acceptors (Lipinski definition) is 9. The molecule has 0 bridgehead atoms. The summed E-state index contributed by atoms with van der Waals surface area (Å²) in [7, 11) is 1.42. The van der Waals surface area contributed by atoms with Crippen LogP contribution in [0.2, 0.25) is 0 Å². The Morgan fingerprint density at radius 1 is 1.29 bits per heavy atom. The van der Waals surface area contributed by atoms with E-state index in [1.807, 2.05) is 6.92 Å². The second kappa shape index (κ2) is 8.72. The van der Waals surface area contributed by atoms with Crippen molar-refractivity contribution in [2.45, 2.75) is 19.2 Å². The van der Waals surface area contributed by atoms with Gasteiger partial charge in [0.25, 0.3) is 0 Å². The molecule has 3 rings (SSSR count). The number of ether oxygens (including phenoxy) is 2. The monoisotopic (exact) mass is 388 g/mol. The van der Waals surface area contributed by atoms with Crippen molar-refractivity contribution < 1.29 is 19.0 Å². The standard InChI is InChI=1S/C18H21FN6O3/c1-10-7-22-17(8-21-10)23-16-5-13(24-25-16)18-14(27-2)3-11(19)4-15(18)28-9-12(26)6-20/h3-5,7-8,12,16,26H,6,9,20H2,1-2H3,(H,22,23). The van der Waals surface area contributed by atoms with Gasteiger partial charge < -0.3 is 25.6 Å². The van der Waals surface area contributed by atoms with Crippen LogP contribution in [0.15, 0.2) is 40.8 Å². The smallest absolute Gasteiger partial charge is 0.162 e. The highest BCUT2D eigenvalue weighted by molar-refractivity contribution is 5.76. The summed E-state index contributed by atoms with van der Waals surface area (Å²) in [5.74, 6) is 0.405. The second-order valence-electron chi connectivity index (χ2n) is 6.08. The zero-order chi connectivity index (χ0) is 20.1. The van der Waals surface area contributed by atoms with Crippen LogP contribution in [-0.4, -0.2) is 47.6 Å². The minimum Gasteiger partial charge on any atom is -0.496 e. The van der Waals surface area contributed by atoms with Crippen LogP contribution in [0, 0.1) is 12.7 Å². The van der Waals surface area contributed by atoms with Crippen molar-refractivity contribution in [3.05, 3.63) is 47.7 Å². The van der Waals surface area contributed by atoms with E-state index in [-0.39, 0.29) is 24.7 Å². The fourth-order valence-electron chi connectivity index (χ4n) is 2.50. The first-order chi connectivity index (χ1) is 13.5. The Balaban J connectivity index is 1.87. The summed E-state index contributed by atoms with van der Waals surface area (Å²) in [5, 5.41) is 21.0. The van der Waals surface area contributed by atoms with Gasteiger partial charge in [-0.2, -0.15) is 10.2 Å². The van der Waals surface area contributed by atoms with Gasteiger partial charge in [0.05, 0.1) is 30.8 Å². The van der Waals surface area contributed by atoms with E-state index >= 15 is 0 Å². The van der Waals surface area contributed by atoms with Crippen molar-refractivity contribution in [2.75, 3.05) is 25.6 Å². The summed E-state index contributed by atoms with van der Waals surface area (Å²) in [6.45, 7) is 1.77. The Labute approximate surface area is 161 Å². The van der Waals surface area contributed by atoms with Crippen molar-refractivity contribution >= 4 is 11.5 Å². The fourth-order valence-corrected chi connectivity index (χ4v) is 2.50. The number of methoxy groups -OCH3 is 1. The first kappa shape index (κ1) is 19.6. The van der Waals surface area contributed by atoms with E-state index in [2.05, 4.69) is 25.5 Å². The fraction of sp³-hybridized carbons (Fsp3) is 0.333. The number of nitrogens with zero attached hydrogens (tertiary/aromatic N) is 4. The van der Waals surface area contributed by atoms with Crippen LogP contribution in [0.5, 0.6) is 11.5 Å². The summed E-state index contributed by atoms with van der Waals surface area (Å²) in [5.41, 5.74) is 7.05. The summed E-state index contributed by atoms with van der Waals surface area (Å²) in [4.78, 5) is 8.38. The number of hydrogen-bond donors (Lipinski definition) is 3. The molecule has 2 aromatic rings. The molecule has 0 saturated heterocycles. The zero-order valence-corrected chi connectivity index (χ0v) is 15.5. The number of benzene rings is 1. The van der Waals surface area contributed by atoms with E-state index in [0.29, 0.717) is 17.1 Å². The number of rotatable bonds is 8. The van der Waals surface area contributed by atoms with Crippen molar-refractivity contribution in [3.8, 4) is 11.5 Å². The Bertz CT molecular complexity index is 888. The summed E-state index contributed by atoms with van der Waals surface area (Å²) in [6.07, 6.45) is 3.60. The molecular weight excluding hydrogens is 367 g/mol. The van der Waals surface area contributed by atoms with Gasteiger partial charge in [-0.15, -0.1) is 0 Å². The number of aliphatic hydroxyl groups excluding tert-OH is 1. The lowest BCUT2D eigenvalue weighted by Gasteiger charge is -2.16. The molecule has 10 heteroatoms. The highest BCUT2D eigenvalue weighted by atomic mass is 19.1. The summed E-state index contributed by atoms with van der Waals surface area (Å²) >= 11 is 0. The molecule has 1 aliphatic rings. The van der Waals surface area contributed by atoms with E-state index in [4.69, 9.17) is 15.2 Å². The van der Waals surface area contributed by atoms with Crippen molar-refractivity contribution in [3.63, 3.8) is 0 Å². The molecule has 0 spiro atoms. The Morgan fingerprint density at radius 2 is 2.07 bits per heavy atom. The van der Waals surface area contributed by atoms with Crippen LogP contribution >= 0.6 is 0 Å². The maximum absolute atomic E-state index is 13.9. The van der Waals surface area contributed by atoms with Crippen LogP contribution in [0.25, 0.3) is 5.70 Å². The first-order valence-corrected chi connectivity index (χ1v) is 8.57. The lowest BCUT2D eigenvalue weighted by molar-refractivity contribution is 0.113. The van der Waals surface area contributed by atoms with Crippen molar-refractivity contribution in [2.24, 2.45) is 16.0 Å². The topological polar surface area (TPSA) is 127 Å². The molecule has 2 atom stereocenters. The molecule has 1 aromatic carbocycles. The third kappa shape index (κ3) is 4.59. The van der Waals surface area contributed by atoms with Gasteiger partial charge in [0, 0.05) is 18.7 Å². The molecule has 28 heavy (non-hydrogen) atoms. The minimum absolute atomic E-state index is 0.0216. The molecular formula is C18H21FN6O3. The SMILES string of the molecule is COc1cc(F)cc(OCC(O)CN)c1C1=CC(Nc2cnc(C)cn2)N=N1. The highest BCUT2D eigenvalue weighted by Crippen LogP contribution is 2.39. The molecule has 2 heterocycles. The minimum atomic E-state index is -0.879. The molecule has 0 radical (unpaired) electrons. The average molecular weight is 388 g/mol. The molecule has 1 aromatic heterocycles. The van der Waals surface area contributed by atoms with Gasteiger partial charge in [-0.1, -0.05) is 0 Å². The summed E-state index contributed by atoms with van der Waals surface area (Å²) in [6, 6.07) is 2.42. The lowest BCUT2D eigenvalue weighted by atomic mass is 10.1. The van der Waals surface area contributed by atoms with E-state index < -0.39 is 18.1 Å². The van der Waals surface area contributed by atoms with Gasteiger partial charge >= 0.3 is 0 Å². The Hall–Kier alpha value is -3.11. The molecule has 2 unspecified atom stereocenters. The summed E-state index contributed by atoms with van der Waals surface area (Å²) < 4.78 is 24.8. The molecule has 4 N–H and O–H groups in total. The number of azo groups is 1. The number of nitrogens with two attached hydrogens (primary N) is 1. The zero-order valence-electron chi connectivity index (χ0n) is 15.5. The number of nitrogens with one attached hydrogen (secondary N) is 1. The number of aryl methyl sites for hydroxylation is 1. The largest absolute Gasteiger partial charge is 0.496 e. The average Bonchev–Trinajstić information content (AvgIpc) is 3.15. The number of halogens is 1. The van der Waals surface area contributed by atoms with Gasteiger partial charge in [0.1, 0.15) is 41.5 Å². The second-order valence-corrected chi connectivity index (χ2v) is 6.08. The van der Waals surface area contributed by atoms with Crippen molar-refractivity contribution in [1.82, 2.24) is 9.97 Å². The molecule has 0 amide bonds. The van der Waals surface area contributed by atoms with Crippen LogP contribution in [0.3, 0.4) is 0 Å². The molecule has 148 valence electrons. The number of aromatic nitrogens is 2. The van der Waals surface area contributed by atoms with Gasteiger partial charge in [0.2, 0.25) is 0 Å². The van der Waals surface area contributed by atoms with Gasteiger partial charge in [0.15, 0.2) is 6.17 Å². The van der Waals surface area contributed by atoms with Gasteiger partial charge in [-0.25, -0.2) is 9.37 Å². The quantitative estimate of drug-likeness (QED) is 0.630. The van der Waals surface area contributed by atoms with Gasteiger partial charge in [-0.3, -0.25) is 4.98 Å². The van der Waals surface area contributed by atoms with Crippen molar-refractivity contribution in [1.29, 1.82) is 0 Å². The lowest BCUT2D eigenvalue weighted by Crippen LogP contribution is -2.26. The Kier molecular flexibility index (Phi) is 6.12. The molecule has 9 nitrogen and oxygen atoms in total. The van der Waals surface area contributed by atoms with E-state index in [1.165, 1.54) is 19.2 Å². The van der Waals surface area contributed by atoms with Crippen LogP contribution in [0.4, 0.5) is 10.2 Å². The molecule has 0 fully saturated rings. The van der Waals surface area contributed by atoms with Crippen LogP contribution in [0.1, 0.15) is 11.3 Å². The number of aliphatic hydroxyl groups is 1. The maximum atomic E-state index is 13.9. The van der Waals surface area contributed by atoms with Gasteiger partial charge in [-0.05, 0) is 13.0 Å². The highest BCUT2D eigenvalue weighted by Gasteiger charge is 2.23. The number of anilines is 1. The maximum Gasteiger partial charge on any atom is 0.162 e. The third-order valence-electron chi connectivity index (χ3n) is 3.89. The van der Waals surface area contributed by atoms with E-state index in [9.17, 15) is 9.50 Å². The molecule has 0 saturated carbocycles. The normalized spacial score (nSPS) is 16.6. The first-order valence-electron chi connectivity index (χ1n) is 8.57.